The highest BCUT2D eigenvalue weighted by atomic mass is 19.1. The van der Waals surface area contributed by atoms with Crippen molar-refractivity contribution in [3.63, 3.8) is 0 Å². The maximum Gasteiger partial charge on any atom is 0.159 e. The number of carbonyl (C=O) groups excluding carboxylic acids is 1. The van der Waals surface area contributed by atoms with Crippen LogP contribution in [0.25, 0.3) is 22.2 Å². The highest BCUT2D eigenvalue weighted by Gasteiger charge is 2.22. The number of aromatic nitrogens is 2. The van der Waals surface area contributed by atoms with Crippen LogP contribution in [0.4, 0.5) is 4.39 Å². The summed E-state index contributed by atoms with van der Waals surface area (Å²) < 4.78 is 21.1. The molecule has 0 amide bonds. The summed E-state index contributed by atoms with van der Waals surface area (Å²) in [4.78, 5) is 11.8. The van der Waals surface area contributed by atoms with Crippen molar-refractivity contribution in [3.05, 3.63) is 53.8 Å². The SMILES string of the molecule is CC(=O)c1ccc2c(c1)c(-c1ccc(F)cc1)nn2C1CCCCO1. The van der Waals surface area contributed by atoms with E-state index in [-0.39, 0.29) is 17.8 Å². The molecule has 2 heterocycles. The van der Waals surface area contributed by atoms with Gasteiger partial charge in [-0.05, 0) is 68.7 Å². The van der Waals surface area contributed by atoms with Crippen LogP contribution in [0.1, 0.15) is 42.8 Å². The van der Waals surface area contributed by atoms with Crippen LogP contribution >= 0.6 is 0 Å². The Hall–Kier alpha value is -2.53. The number of hydrogen-bond donors (Lipinski definition) is 0. The Balaban J connectivity index is 1.91. The van der Waals surface area contributed by atoms with E-state index in [9.17, 15) is 9.18 Å². The second-order valence-corrected chi connectivity index (χ2v) is 6.41. The molecule has 1 atom stereocenters. The first-order chi connectivity index (χ1) is 12.1. The summed E-state index contributed by atoms with van der Waals surface area (Å²) >= 11 is 0. The number of fused-ring (bicyclic) bond motifs is 1. The van der Waals surface area contributed by atoms with Gasteiger partial charge in [-0.15, -0.1) is 0 Å². The largest absolute Gasteiger partial charge is 0.356 e. The number of rotatable bonds is 3. The molecule has 0 N–H and O–H groups in total. The normalized spacial score (nSPS) is 17.8. The Morgan fingerprint density at radius 2 is 2.00 bits per heavy atom. The van der Waals surface area contributed by atoms with Gasteiger partial charge in [-0.1, -0.05) is 0 Å². The molecule has 0 saturated carbocycles. The van der Waals surface area contributed by atoms with E-state index in [0.717, 1.165) is 48.0 Å². The van der Waals surface area contributed by atoms with E-state index in [1.165, 1.54) is 12.1 Å². The molecule has 1 unspecified atom stereocenters. The molecule has 128 valence electrons. The lowest BCUT2D eigenvalue weighted by atomic mass is 10.0. The van der Waals surface area contributed by atoms with E-state index in [1.807, 2.05) is 22.9 Å². The monoisotopic (exact) mass is 338 g/mol. The van der Waals surface area contributed by atoms with Crippen LogP contribution in [0.3, 0.4) is 0 Å². The highest BCUT2D eigenvalue weighted by Crippen LogP contribution is 2.33. The van der Waals surface area contributed by atoms with Crippen LogP contribution in [-0.4, -0.2) is 22.2 Å². The second-order valence-electron chi connectivity index (χ2n) is 6.41. The third-order valence-electron chi connectivity index (χ3n) is 4.66. The molecular weight excluding hydrogens is 319 g/mol. The molecule has 5 heteroatoms. The summed E-state index contributed by atoms with van der Waals surface area (Å²) in [6.07, 6.45) is 2.97. The fourth-order valence-electron chi connectivity index (χ4n) is 3.32. The van der Waals surface area contributed by atoms with Gasteiger partial charge in [-0.3, -0.25) is 4.79 Å². The molecule has 1 aromatic heterocycles. The first-order valence-electron chi connectivity index (χ1n) is 8.54. The van der Waals surface area contributed by atoms with Gasteiger partial charge in [0.2, 0.25) is 0 Å². The molecule has 25 heavy (non-hydrogen) atoms. The van der Waals surface area contributed by atoms with Crippen molar-refractivity contribution in [1.82, 2.24) is 9.78 Å². The third-order valence-corrected chi connectivity index (χ3v) is 4.66. The quantitative estimate of drug-likeness (QED) is 0.648. The van der Waals surface area contributed by atoms with E-state index in [1.54, 1.807) is 19.1 Å². The van der Waals surface area contributed by atoms with Crippen molar-refractivity contribution in [2.24, 2.45) is 0 Å². The fraction of sp³-hybridized carbons (Fsp3) is 0.300. The average molecular weight is 338 g/mol. The van der Waals surface area contributed by atoms with Crippen LogP contribution in [-0.2, 0) is 4.74 Å². The zero-order valence-corrected chi connectivity index (χ0v) is 14.0. The lowest BCUT2D eigenvalue weighted by Gasteiger charge is -2.23. The maximum absolute atomic E-state index is 13.3. The van der Waals surface area contributed by atoms with Crippen molar-refractivity contribution in [3.8, 4) is 11.3 Å². The Bertz CT molecular complexity index is 925. The van der Waals surface area contributed by atoms with Crippen molar-refractivity contribution in [2.75, 3.05) is 6.61 Å². The molecule has 4 rings (SSSR count). The topological polar surface area (TPSA) is 44.1 Å². The summed E-state index contributed by atoms with van der Waals surface area (Å²) in [5, 5.41) is 5.65. The molecule has 1 aliphatic heterocycles. The lowest BCUT2D eigenvalue weighted by Crippen LogP contribution is -2.19. The molecule has 2 aromatic carbocycles. The number of hydrogen-bond acceptors (Lipinski definition) is 3. The van der Waals surface area contributed by atoms with Gasteiger partial charge in [0.05, 0.1) is 5.52 Å². The predicted molar refractivity (Wildman–Crippen MR) is 94.0 cm³/mol. The van der Waals surface area contributed by atoms with Crippen LogP contribution < -0.4 is 0 Å². The van der Waals surface area contributed by atoms with Gasteiger partial charge >= 0.3 is 0 Å². The molecule has 3 aromatic rings. The number of ketones is 1. The van der Waals surface area contributed by atoms with E-state index in [4.69, 9.17) is 9.84 Å². The van der Waals surface area contributed by atoms with Crippen LogP contribution in [0.5, 0.6) is 0 Å². The third kappa shape index (κ3) is 2.96. The van der Waals surface area contributed by atoms with E-state index < -0.39 is 0 Å². The van der Waals surface area contributed by atoms with Gasteiger partial charge in [0.25, 0.3) is 0 Å². The first-order valence-corrected chi connectivity index (χ1v) is 8.54. The minimum atomic E-state index is -0.285. The summed E-state index contributed by atoms with van der Waals surface area (Å²) in [6, 6.07) is 11.9. The number of nitrogens with zero attached hydrogens (tertiary/aromatic N) is 2. The van der Waals surface area contributed by atoms with Gasteiger partial charge < -0.3 is 4.74 Å². The lowest BCUT2D eigenvalue weighted by molar-refractivity contribution is -0.0365. The Kier molecular flexibility index (Phi) is 4.09. The molecule has 1 fully saturated rings. The van der Waals surface area contributed by atoms with Crippen molar-refractivity contribution in [2.45, 2.75) is 32.4 Å². The van der Waals surface area contributed by atoms with Crippen molar-refractivity contribution >= 4 is 16.7 Å². The van der Waals surface area contributed by atoms with E-state index >= 15 is 0 Å². The van der Waals surface area contributed by atoms with Gasteiger partial charge in [0.15, 0.2) is 12.0 Å². The minimum Gasteiger partial charge on any atom is -0.356 e. The van der Waals surface area contributed by atoms with Gasteiger partial charge in [-0.2, -0.15) is 5.10 Å². The standard InChI is InChI=1S/C20H19FN2O2/c1-13(24)15-7-10-18-17(12-15)20(14-5-8-16(21)9-6-14)22-23(18)19-4-2-3-11-25-19/h5-10,12,19H,2-4,11H2,1H3. The molecule has 1 aliphatic rings. The number of carbonyl (C=O) groups is 1. The number of ether oxygens (including phenoxy) is 1. The number of benzene rings is 2. The smallest absolute Gasteiger partial charge is 0.159 e. The van der Waals surface area contributed by atoms with Gasteiger partial charge in [0, 0.05) is 23.1 Å². The van der Waals surface area contributed by atoms with Crippen molar-refractivity contribution in [1.29, 1.82) is 0 Å². The summed E-state index contributed by atoms with van der Waals surface area (Å²) in [6.45, 7) is 2.27. The van der Waals surface area contributed by atoms with Crippen LogP contribution in [0.2, 0.25) is 0 Å². The highest BCUT2D eigenvalue weighted by molar-refractivity contribution is 6.01. The Labute approximate surface area is 145 Å². The van der Waals surface area contributed by atoms with Gasteiger partial charge in [-0.25, -0.2) is 9.07 Å². The van der Waals surface area contributed by atoms with Crippen molar-refractivity contribution < 1.29 is 13.9 Å². The van der Waals surface area contributed by atoms with E-state index in [0.29, 0.717) is 5.56 Å². The fourth-order valence-corrected chi connectivity index (χ4v) is 3.32. The van der Waals surface area contributed by atoms with Gasteiger partial charge in [0.1, 0.15) is 11.5 Å². The molecule has 0 radical (unpaired) electrons. The van der Waals surface area contributed by atoms with Crippen LogP contribution in [0, 0.1) is 5.82 Å². The summed E-state index contributed by atoms with van der Waals surface area (Å²) in [5.74, 6) is -0.277. The molecular formula is C20H19FN2O2. The molecule has 1 saturated heterocycles. The van der Waals surface area contributed by atoms with Crippen LogP contribution in [0.15, 0.2) is 42.5 Å². The van der Waals surface area contributed by atoms with E-state index in [2.05, 4.69) is 0 Å². The Morgan fingerprint density at radius 1 is 1.20 bits per heavy atom. The average Bonchev–Trinajstić information content (AvgIpc) is 3.02. The molecule has 4 nitrogen and oxygen atoms in total. The summed E-state index contributed by atoms with van der Waals surface area (Å²) in [5.41, 5.74) is 3.13. The second kappa shape index (κ2) is 6.41. The number of halogens is 1. The Morgan fingerprint density at radius 3 is 2.68 bits per heavy atom. The summed E-state index contributed by atoms with van der Waals surface area (Å²) in [7, 11) is 0. The predicted octanol–water partition coefficient (Wildman–Crippen LogP) is 4.74. The molecule has 0 aliphatic carbocycles. The zero-order chi connectivity index (χ0) is 17.4. The zero-order valence-electron chi connectivity index (χ0n) is 14.0. The number of Topliss-reactive ketones (excluding diaryl/α,β-unsaturated/α-hetero) is 1. The first kappa shape index (κ1) is 16.0. The minimum absolute atomic E-state index is 0.00798. The molecule has 0 spiro atoms. The molecule has 0 bridgehead atoms. The maximum atomic E-state index is 13.3.